The molecule has 5 nitrogen and oxygen atoms in total. The van der Waals surface area contributed by atoms with Crippen LogP contribution in [0.5, 0.6) is 5.75 Å². The van der Waals surface area contributed by atoms with E-state index in [0.29, 0.717) is 26.0 Å². The Morgan fingerprint density at radius 2 is 1.72 bits per heavy atom. The fourth-order valence-electron chi connectivity index (χ4n) is 4.49. The molecule has 0 spiro atoms. The number of hydrogen-bond acceptors (Lipinski definition) is 4. The summed E-state index contributed by atoms with van der Waals surface area (Å²) in [7, 11) is 0. The minimum absolute atomic E-state index is 0.00173. The van der Waals surface area contributed by atoms with Crippen LogP contribution in [0.15, 0.2) is 54.6 Å². The van der Waals surface area contributed by atoms with E-state index in [-0.39, 0.29) is 23.8 Å². The first-order valence-electron chi connectivity index (χ1n) is 10.7. The Kier molecular flexibility index (Phi) is 6.47. The number of morpholine rings is 1. The number of nitrogens with zero attached hydrogens (tertiary/aromatic N) is 2. The lowest BCUT2D eigenvalue weighted by atomic mass is 9.96. The minimum atomic E-state index is -0.0436. The van der Waals surface area contributed by atoms with Crippen LogP contribution < -0.4 is 0 Å². The number of rotatable bonds is 6. The van der Waals surface area contributed by atoms with Crippen LogP contribution in [0.25, 0.3) is 0 Å². The van der Waals surface area contributed by atoms with E-state index in [1.54, 1.807) is 12.1 Å². The molecule has 2 aliphatic rings. The van der Waals surface area contributed by atoms with E-state index in [9.17, 15) is 9.90 Å². The summed E-state index contributed by atoms with van der Waals surface area (Å²) >= 11 is 0. The van der Waals surface area contributed by atoms with E-state index in [2.05, 4.69) is 17.0 Å². The van der Waals surface area contributed by atoms with Crippen LogP contribution in [0.2, 0.25) is 0 Å². The molecule has 2 saturated heterocycles. The van der Waals surface area contributed by atoms with Crippen molar-refractivity contribution < 1.29 is 14.6 Å². The Morgan fingerprint density at radius 1 is 1.00 bits per heavy atom. The van der Waals surface area contributed by atoms with E-state index in [1.807, 2.05) is 35.2 Å². The molecule has 2 aromatic carbocycles. The van der Waals surface area contributed by atoms with Gasteiger partial charge in [-0.2, -0.15) is 0 Å². The molecule has 0 bridgehead atoms. The average Bonchev–Trinajstić information content (AvgIpc) is 3.27. The molecule has 0 radical (unpaired) electrons. The Bertz CT molecular complexity index is 788. The van der Waals surface area contributed by atoms with Crippen LogP contribution in [0.4, 0.5) is 0 Å². The van der Waals surface area contributed by atoms with Crippen LogP contribution in [0, 0.1) is 0 Å². The zero-order valence-electron chi connectivity index (χ0n) is 16.9. The van der Waals surface area contributed by atoms with Crippen molar-refractivity contribution in [2.75, 3.05) is 32.8 Å². The number of carbonyl (C=O) groups is 1. The molecule has 2 aromatic rings. The lowest BCUT2D eigenvalue weighted by Gasteiger charge is -2.43. The SMILES string of the molecule is O=C(CCc1ccc(O)cc1)N1CCO[C@@H](CN2CCCC2)[C@@H]1c1ccccc1. The maximum absolute atomic E-state index is 13.2. The number of likely N-dealkylation sites (tertiary alicyclic amines) is 1. The fraction of sp³-hybridized carbons (Fsp3) is 0.458. The number of ether oxygens (including phenoxy) is 1. The second kappa shape index (κ2) is 9.42. The second-order valence-electron chi connectivity index (χ2n) is 8.03. The summed E-state index contributed by atoms with van der Waals surface area (Å²) in [6, 6.07) is 17.4. The van der Waals surface area contributed by atoms with Gasteiger partial charge in [0.1, 0.15) is 5.75 Å². The zero-order valence-corrected chi connectivity index (χ0v) is 16.9. The highest BCUT2D eigenvalue weighted by Crippen LogP contribution is 2.31. The molecular formula is C24H30N2O3. The number of aromatic hydroxyl groups is 1. The molecule has 1 N–H and O–H groups in total. The lowest BCUT2D eigenvalue weighted by molar-refractivity contribution is -0.148. The second-order valence-corrected chi connectivity index (χ2v) is 8.03. The summed E-state index contributed by atoms with van der Waals surface area (Å²) in [5.41, 5.74) is 2.21. The van der Waals surface area contributed by atoms with Gasteiger partial charge in [-0.15, -0.1) is 0 Å². The van der Waals surface area contributed by atoms with Crippen molar-refractivity contribution in [3.63, 3.8) is 0 Å². The molecule has 29 heavy (non-hydrogen) atoms. The minimum Gasteiger partial charge on any atom is -0.508 e. The molecule has 5 heteroatoms. The topological polar surface area (TPSA) is 53.0 Å². The molecule has 0 unspecified atom stereocenters. The van der Waals surface area contributed by atoms with Gasteiger partial charge >= 0.3 is 0 Å². The van der Waals surface area contributed by atoms with Gasteiger partial charge in [0.05, 0.1) is 18.8 Å². The average molecular weight is 395 g/mol. The summed E-state index contributed by atoms with van der Waals surface area (Å²) in [4.78, 5) is 17.7. The first-order chi connectivity index (χ1) is 14.2. The van der Waals surface area contributed by atoms with Gasteiger partial charge < -0.3 is 19.6 Å². The predicted octanol–water partition coefficient (Wildman–Crippen LogP) is 3.39. The van der Waals surface area contributed by atoms with Crippen molar-refractivity contribution in [1.82, 2.24) is 9.80 Å². The molecule has 2 aliphatic heterocycles. The van der Waals surface area contributed by atoms with Crippen LogP contribution in [-0.2, 0) is 16.0 Å². The molecule has 154 valence electrons. The van der Waals surface area contributed by atoms with Crippen molar-refractivity contribution in [2.45, 2.75) is 37.8 Å². The van der Waals surface area contributed by atoms with Crippen molar-refractivity contribution >= 4 is 5.91 Å². The maximum Gasteiger partial charge on any atom is 0.223 e. The molecule has 0 aliphatic carbocycles. The number of aryl methyl sites for hydroxylation is 1. The summed E-state index contributed by atoms with van der Waals surface area (Å²) in [6.45, 7) is 4.34. The van der Waals surface area contributed by atoms with Gasteiger partial charge in [0, 0.05) is 19.5 Å². The van der Waals surface area contributed by atoms with Crippen molar-refractivity contribution in [2.24, 2.45) is 0 Å². The lowest BCUT2D eigenvalue weighted by Crippen LogP contribution is -2.51. The first kappa shape index (κ1) is 19.9. The van der Waals surface area contributed by atoms with Crippen molar-refractivity contribution in [1.29, 1.82) is 0 Å². The quantitative estimate of drug-likeness (QED) is 0.816. The van der Waals surface area contributed by atoms with E-state index < -0.39 is 0 Å². The summed E-state index contributed by atoms with van der Waals surface area (Å²) < 4.78 is 6.20. The Balaban J connectivity index is 1.49. The Hall–Kier alpha value is -2.37. The third-order valence-electron chi connectivity index (χ3n) is 6.01. The monoisotopic (exact) mass is 394 g/mol. The van der Waals surface area contributed by atoms with Gasteiger partial charge in [-0.05, 0) is 55.6 Å². The smallest absolute Gasteiger partial charge is 0.223 e. The summed E-state index contributed by atoms with van der Waals surface area (Å²) in [6.07, 6.45) is 3.64. The summed E-state index contributed by atoms with van der Waals surface area (Å²) in [5.74, 6) is 0.420. The van der Waals surface area contributed by atoms with Crippen LogP contribution in [0.3, 0.4) is 0 Å². The number of hydrogen-bond donors (Lipinski definition) is 1. The van der Waals surface area contributed by atoms with Crippen LogP contribution in [0.1, 0.15) is 36.4 Å². The van der Waals surface area contributed by atoms with Crippen LogP contribution in [-0.4, -0.2) is 59.7 Å². The number of amides is 1. The van der Waals surface area contributed by atoms with Gasteiger partial charge in [0.25, 0.3) is 0 Å². The molecule has 0 aromatic heterocycles. The predicted molar refractivity (Wildman–Crippen MR) is 113 cm³/mol. The standard InChI is InChI=1S/C24H30N2O3/c27-21-11-8-19(9-12-21)10-13-23(28)26-16-17-29-22(18-25-14-4-5-15-25)24(26)20-6-2-1-3-7-20/h1-3,6-9,11-12,22,24,27H,4-5,10,13-18H2/t22-,24-/m0/s1. The number of benzene rings is 2. The van der Waals surface area contributed by atoms with E-state index in [4.69, 9.17) is 4.74 Å². The van der Waals surface area contributed by atoms with E-state index in [1.165, 1.54) is 12.8 Å². The number of carbonyl (C=O) groups excluding carboxylic acids is 1. The van der Waals surface area contributed by atoms with Gasteiger partial charge in [-0.1, -0.05) is 42.5 Å². The molecule has 2 fully saturated rings. The van der Waals surface area contributed by atoms with Gasteiger partial charge in [-0.3, -0.25) is 4.79 Å². The Morgan fingerprint density at radius 3 is 2.45 bits per heavy atom. The number of phenols is 1. The van der Waals surface area contributed by atoms with Crippen molar-refractivity contribution in [3.05, 3.63) is 65.7 Å². The molecule has 2 heterocycles. The molecule has 2 atom stereocenters. The molecule has 0 saturated carbocycles. The van der Waals surface area contributed by atoms with Crippen LogP contribution >= 0.6 is 0 Å². The highest BCUT2D eigenvalue weighted by atomic mass is 16.5. The van der Waals surface area contributed by atoms with Gasteiger partial charge in [0.15, 0.2) is 0 Å². The third kappa shape index (κ3) is 4.98. The Labute approximate surface area is 172 Å². The highest BCUT2D eigenvalue weighted by molar-refractivity contribution is 5.77. The highest BCUT2D eigenvalue weighted by Gasteiger charge is 2.37. The van der Waals surface area contributed by atoms with Crippen molar-refractivity contribution in [3.8, 4) is 5.75 Å². The molecular weight excluding hydrogens is 364 g/mol. The van der Waals surface area contributed by atoms with Gasteiger partial charge in [-0.25, -0.2) is 0 Å². The third-order valence-corrected chi connectivity index (χ3v) is 6.01. The molecule has 4 rings (SSSR count). The first-order valence-corrected chi connectivity index (χ1v) is 10.7. The summed E-state index contributed by atoms with van der Waals surface area (Å²) in [5, 5.41) is 9.45. The van der Waals surface area contributed by atoms with Gasteiger partial charge in [0.2, 0.25) is 5.91 Å². The van der Waals surface area contributed by atoms with E-state index in [0.717, 1.165) is 30.8 Å². The number of phenolic OH excluding ortho intramolecular Hbond substituents is 1. The van der Waals surface area contributed by atoms with E-state index >= 15 is 0 Å². The fourth-order valence-corrected chi connectivity index (χ4v) is 4.49. The zero-order chi connectivity index (χ0) is 20.1. The normalized spacial score (nSPS) is 22.7. The largest absolute Gasteiger partial charge is 0.508 e. The maximum atomic E-state index is 13.2. The molecule has 1 amide bonds.